The number of aryl methyl sites for hydroxylation is 1. The van der Waals surface area contributed by atoms with E-state index in [0.29, 0.717) is 47.8 Å². The lowest BCUT2D eigenvalue weighted by Gasteiger charge is -2.30. The number of benzene rings is 1. The fourth-order valence-electron chi connectivity index (χ4n) is 4.56. The van der Waals surface area contributed by atoms with Gasteiger partial charge in [-0.2, -0.15) is 4.98 Å². The van der Waals surface area contributed by atoms with Gasteiger partial charge in [-0.15, -0.1) is 5.10 Å². The van der Waals surface area contributed by atoms with Gasteiger partial charge in [0, 0.05) is 37.8 Å². The molecule has 5 rings (SSSR count). The van der Waals surface area contributed by atoms with Crippen LogP contribution in [0.25, 0.3) is 27.7 Å². The van der Waals surface area contributed by atoms with Crippen LogP contribution in [0.2, 0.25) is 0 Å². The van der Waals surface area contributed by atoms with Crippen LogP contribution in [0.15, 0.2) is 24.4 Å². The average molecular weight is 487 g/mol. The fourth-order valence-corrected chi connectivity index (χ4v) is 4.56. The number of nitrogens with zero attached hydrogens (tertiary/aromatic N) is 6. The van der Waals surface area contributed by atoms with Crippen molar-refractivity contribution in [3.8, 4) is 17.0 Å². The summed E-state index contributed by atoms with van der Waals surface area (Å²) in [6.07, 6.45) is 0.195. The molecule has 1 aliphatic rings. The van der Waals surface area contributed by atoms with Crippen LogP contribution in [0, 0.1) is 12.7 Å². The number of halogens is 3. The Hall–Kier alpha value is -3.83. The monoisotopic (exact) mass is 487 g/mol. The van der Waals surface area contributed by atoms with E-state index in [9.17, 15) is 18.0 Å². The Morgan fingerprint density at radius 2 is 2.09 bits per heavy atom. The Morgan fingerprint density at radius 1 is 1.29 bits per heavy atom. The molecule has 9 nitrogen and oxygen atoms in total. The summed E-state index contributed by atoms with van der Waals surface area (Å²) in [5, 5.41) is 7.76. The number of alkyl halides is 2. The number of fused-ring (bicyclic) bond motifs is 2. The first-order chi connectivity index (χ1) is 16.7. The third kappa shape index (κ3) is 4.13. The van der Waals surface area contributed by atoms with E-state index in [1.165, 1.54) is 17.7 Å². The molecule has 1 N–H and O–H groups in total. The number of amides is 1. The molecular formula is C23H24F3N7O2. The van der Waals surface area contributed by atoms with Crippen molar-refractivity contribution in [2.24, 2.45) is 0 Å². The molecule has 0 saturated carbocycles. The SMILES string of the molecule is COc1nc(N[C@H]2CCC(=O)N(C)C2)nn2ccc(-c3cc(F)c4nc(C)n(CC(F)F)c4c3)c12. The van der Waals surface area contributed by atoms with Gasteiger partial charge in [-0.05, 0) is 37.1 Å². The van der Waals surface area contributed by atoms with E-state index in [1.807, 2.05) is 0 Å². The number of likely N-dealkylation sites (tertiary alicyclic amines) is 1. The van der Waals surface area contributed by atoms with Crippen molar-refractivity contribution in [3.05, 3.63) is 36.0 Å². The molecule has 1 saturated heterocycles. The highest BCUT2D eigenvalue weighted by Gasteiger charge is 2.25. The van der Waals surface area contributed by atoms with Crippen LogP contribution in [0.1, 0.15) is 18.7 Å². The quantitative estimate of drug-likeness (QED) is 0.448. The summed E-state index contributed by atoms with van der Waals surface area (Å²) in [7, 11) is 3.23. The third-order valence-corrected chi connectivity index (χ3v) is 6.26. The Morgan fingerprint density at radius 3 is 2.80 bits per heavy atom. The Labute approximate surface area is 198 Å². The van der Waals surface area contributed by atoms with Crippen molar-refractivity contribution in [1.82, 2.24) is 29.0 Å². The first-order valence-electron chi connectivity index (χ1n) is 11.1. The van der Waals surface area contributed by atoms with Crippen LogP contribution in [-0.2, 0) is 11.3 Å². The summed E-state index contributed by atoms with van der Waals surface area (Å²) in [4.78, 5) is 22.0. The largest absolute Gasteiger partial charge is 0.479 e. The molecule has 184 valence electrons. The van der Waals surface area contributed by atoms with E-state index in [1.54, 1.807) is 41.7 Å². The summed E-state index contributed by atoms with van der Waals surface area (Å²) in [5.74, 6) is 0.394. The molecule has 0 aliphatic carbocycles. The van der Waals surface area contributed by atoms with Crippen molar-refractivity contribution in [2.75, 3.05) is 26.0 Å². The number of methoxy groups -OCH3 is 1. The molecule has 1 aromatic carbocycles. The van der Waals surface area contributed by atoms with E-state index in [0.717, 1.165) is 0 Å². The normalized spacial score (nSPS) is 16.6. The predicted octanol–water partition coefficient (Wildman–Crippen LogP) is 3.50. The van der Waals surface area contributed by atoms with Crippen LogP contribution in [0.5, 0.6) is 5.88 Å². The van der Waals surface area contributed by atoms with E-state index in [2.05, 4.69) is 20.4 Å². The van der Waals surface area contributed by atoms with E-state index >= 15 is 0 Å². The van der Waals surface area contributed by atoms with Crippen LogP contribution < -0.4 is 10.1 Å². The Kier molecular flexibility index (Phi) is 5.73. The second-order valence-corrected chi connectivity index (χ2v) is 8.61. The van der Waals surface area contributed by atoms with Crippen LogP contribution in [0.4, 0.5) is 19.1 Å². The van der Waals surface area contributed by atoms with Crippen molar-refractivity contribution < 1.29 is 22.7 Å². The highest BCUT2D eigenvalue weighted by atomic mass is 19.3. The number of aromatic nitrogens is 5. The maximum Gasteiger partial charge on any atom is 0.256 e. The summed E-state index contributed by atoms with van der Waals surface area (Å²) in [6.45, 7) is 1.52. The van der Waals surface area contributed by atoms with Gasteiger partial charge in [0.25, 0.3) is 6.43 Å². The lowest BCUT2D eigenvalue weighted by atomic mass is 10.1. The number of imidazole rings is 1. The van der Waals surface area contributed by atoms with Crippen molar-refractivity contribution in [1.29, 1.82) is 0 Å². The van der Waals surface area contributed by atoms with Gasteiger partial charge in [0.15, 0.2) is 5.82 Å². The van der Waals surface area contributed by atoms with Gasteiger partial charge in [-0.1, -0.05) is 0 Å². The van der Waals surface area contributed by atoms with Crippen LogP contribution in [-0.4, -0.2) is 68.1 Å². The first kappa shape index (κ1) is 22.9. The summed E-state index contributed by atoms with van der Waals surface area (Å²) in [5.41, 5.74) is 1.87. The minimum atomic E-state index is -2.60. The van der Waals surface area contributed by atoms with Gasteiger partial charge in [-0.3, -0.25) is 4.79 Å². The zero-order valence-corrected chi connectivity index (χ0v) is 19.4. The molecule has 4 aromatic rings. The fraction of sp³-hybridized carbons (Fsp3) is 0.391. The van der Waals surface area contributed by atoms with Gasteiger partial charge >= 0.3 is 0 Å². The molecule has 0 radical (unpaired) electrons. The average Bonchev–Trinajstić information content (AvgIpc) is 3.37. The number of nitrogens with one attached hydrogen (secondary N) is 1. The molecular weight excluding hydrogens is 463 g/mol. The van der Waals surface area contributed by atoms with Gasteiger partial charge in [0.1, 0.15) is 16.9 Å². The topological polar surface area (TPSA) is 89.6 Å². The maximum atomic E-state index is 15.0. The smallest absolute Gasteiger partial charge is 0.256 e. The number of rotatable bonds is 6. The van der Waals surface area contributed by atoms with E-state index in [4.69, 9.17) is 4.74 Å². The minimum absolute atomic E-state index is 0.00949. The number of carbonyl (C=O) groups is 1. The number of ether oxygens (including phenoxy) is 1. The number of anilines is 1. The number of hydrogen-bond acceptors (Lipinski definition) is 6. The second kappa shape index (κ2) is 8.75. The zero-order chi connectivity index (χ0) is 24.9. The highest BCUT2D eigenvalue weighted by Crippen LogP contribution is 2.34. The van der Waals surface area contributed by atoms with Crippen molar-refractivity contribution >= 4 is 28.4 Å². The predicted molar refractivity (Wildman–Crippen MR) is 123 cm³/mol. The van der Waals surface area contributed by atoms with Gasteiger partial charge in [-0.25, -0.2) is 22.7 Å². The number of carbonyl (C=O) groups excluding carboxylic acids is 1. The van der Waals surface area contributed by atoms with E-state index in [-0.39, 0.29) is 28.9 Å². The van der Waals surface area contributed by atoms with Gasteiger partial charge in [0.05, 0.1) is 19.2 Å². The third-order valence-electron chi connectivity index (χ3n) is 6.26. The standard InChI is InChI=1S/C23H24F3N7O2/c1-12-27-20-16(24)8-13(9-17(20)32(12)11-18(25)26)15-6-7-33-21(15)22(35-3)29-23(30-33)28-14-4-5-19(34)31(2)10-14/h6-9,14,18H,4-5,10-11H2,1-3H3,(H,28,30)/t14-/m0/s1. The van der Waals surface area contributed by atoms with Crippen molar-refractivity contribution in [3.63, 3.8) is 0 Å². The lowest BCUT2D eigenvalue weighted by molar-refractivity contribution is -0.132. The molecule has 0 spiro atoms. The Balaban J connectivity index is 1.56. The molecule has 3 aromatic heterocycles. The molecule has 1 atom stereocenters. The maximum absolute atomic E-state index is 15.0. The highest BCUT2D eigenvalue weighted by molar-refractivity contribution is 5.90. The van der Waals surface area contributed by atoms with Crippen molar-refractivity contribution in [2.45, 2.75) is 38.8 Å². The number of likely N-dealkylation sites (N-methyl/N-ethyl adjacent to an activating group) is 1. The molecule has 1 amide bonds. The molecule has 0 unspecified atom stereocenters. The molecule has 1 aliphatic heterocycles. The molecule has 0 bridgehead atoms. The molecule has 4 heterocycles. The summed E-state index contributed by atoms with van der Waals surface area (Å²) >= 11 is 0. The molecule has 35 heavy (non-hydrogen) atoms. The second-order valence-electron chi connectivity index (χ2n) is 8.61. The molecule has 1 fully saturated rings. The first-order valence-corrected chi connectivity index (χ1v) is 11.1. The van der Waals surface area contributed by atoms with Gasteiger partial charge < -0.3 is 19.5 Å². The molecule has 12 heteroatoms. The minimum Gasteiger partial charge on any atom is -0.479 e. The lowest BCUT2D eigenvalue weighted by Crippen LogP contribution is -2.43. The zero-order valence-electron chi connectivity index (χ0n) is 19.4. The number of hydrogen-bond donors (Lipinski definition) is 1. The number of piperidine rings is 1. The Bertz CT molecular complexity index is 1430. The summed E-state index contributed by atoms with van der Waals surface area (Å²) < 4.78 is 49.6. The van der Waals surface area contributed by atoms with E-state index < -0.39 is 18.8 Å². The van der Waals surface area contributed by atoms with Crippen LogP contribution >= 0.6 is 0 Å². The summed E-state index contributed by atoms with van der Waals surface area (Å²) in [6, 6.07) is 4.68. The van der Waals surface area contributed by atoms with Gasteiger partial charge in [0.2, 0.25) is 17.7 Å². The van der Waals surface area contributed by atoms with Crippen LogP contribution in [0.3, 0.4) is 0 Å².